The molecule has 0 saturated heterocycles. The zero-order valence-electron chi connectivity index (χ0n) is 16.2. The Bertz CT molecular complexity index is 1130. The molecule has 0 saturated carbocycles. The van der Waals surface area contributed by atoms with E-state index in [1.165, 1.54) is 31.4 Å². The third-order valence-electron chi connectivity index (χ3n) is 5.06. The minimum atomic E-state index is -4.54. The van der Waals surface area contributed by atoms with Crippen LogP contribution in [-0.2, 0) is 17.6 Å². The zero-order valence-corrected chi connectivity index (χ0v) is 16.2. The quantitative estimate of drug-likeness (QED) is 0.573. The summed E-state index contributed by atoms with van der Waals surface area (Å²) in [4.78, 5) is 12.0. The molecule has 31 heavy (non-hydrogen) atoms. The van der Waals surface area contributed by atoms with Crippen molar-refractivity contribution < 1.29 is 31.8 Å². The average molecular weight is 435 g/mol. The summed E-state index contributed by atoms with van der Waals surface area (Å²) in [6.07, 6.45) is -2.96. The molecule has 0 bridgehead atoms. The molecule has 4 rings (SSSR count). The van der Waals surface area contributed by atoms with Crippen LogP contribution in [0.5, 0.6) is 11.5 Å². The van der Waals surface area contributed by atoms with Gasteiger partial charge in [-0.2, -0.15) is 18.3 Å². The van der Waals surface area contributed by atoms with Gasteiger partial charge in [0.2, 0.25) is 5.91 Å². The van der Waals surface area contributed by atoms with Crippen LogP contribution in [0.25, 0.3) is 0 Å². The van der Waals surface area contributed by atoms with E-state index in [-0.39, 0.29) is 35.0 Å². The van der Waals surface area contributed by atoms with Crippen molar-refractivity contribution in [3.63, 3.8) is 0 Å². The first-order valence-corrected chi connectivity index (χ1v) is 9.26. The van der Waals surface area contributed by atoms with E-state index in [1.54, 1.807) is 6.20 Å². The number of ether oxygens (including phenoxy) is 2. The molecule has 1 aromatic heterocycles. The van der Waals surface area contributed by atoms with Crippen molar-refractivity contribution >= 4 is 11.7 Å². The van der Waals surface area contributed by atoms with Gasteiger partial charge in [0, 0.05) is 35.7 Å². The van der Waals surface area contributed by atoms with E-state index in [0.29, 0.717) is 11.4 Å². The van der Waals surface area contributed by atoms with Crippen molar-refractivity contribution in [3.8, 4) is 11.5 Å². The summed E-state index contributed by atoms with van der Waals surface area (Å²) in [5.74, 6) is -1.18. The van der Waals surface area contributed by atoms with Crippen molar-refractivity contribution in [1.82, 2.24) is 10.2 Å². The topological polar surface area (TPSA) is 76.2 Å². The maximum absolute atomic E-state index is 15.0. The van der Waals surface area contributed by atoms with Crippen LogP contribution in [0.4, 0.5) is 23.4 Å². The lowest BCUT2D eigenvalue weighted by Gasteiger charge is -2.23. The smallest absolute Gasteiger partial charge is 0.416 e. The van der Waals surface area contributed by atoms with Crippen molar-refractivity contribution in [2.24, 2.45) is 0 Å². The molecule has 1 aliphatic heterocycles. The first kappa shape index (κ1) is 20.7. The SMILES string of the molecule is COc1cc([C@@H]2CC(=O)Nc3n[nH]cc32)c(F)cc1OCc1ccccc1C(F)(F)F. The maximum Gasteiger partial charge on any atom is 0.416 e. The van der Waals surface area contributed by atoms with Gasteiger partial charge in [0.1, 0.15) is 12.4 Å². The molecule has 2 aromatic carbocycles. The highest BCUT2D eigenvalue weighted by Crippen LogP contribution is 2.41. The van der Waals surface area contributed by atoms with E-state index in [2.05, 4.69) is 15.5 Å². The molecule has 0 fully saturated rings. The van der Waals surface area contributed by atoms with Crippen molar-refractivity contribution in [2.75, 3.05) is 12.4 Å². The summed E-state index contributed by atoms with van der Waals surface area (Å²) in [6.45, 7) is -0.428. The summed E-state index contributed by atoms with van der Waals surface area (Å²) in [5, 5.41) is 9.18. The largest absolute Gasteiger partial charge is 0.493 e. The van der Waals surface area contributed by atoms with Crippen LogP contribution in [0, 0.1) is 5.82 Å². The van der Waals surface area contributed by atoms with Gasteiger partial charge in [0.15, 0.2) is 17.3 Å². The van der Waals surface area contributed by atoms with Gasteiger partial charge in [0.05, 0.1) is 12.7 Å². The number of nitrogens with one attached hydrogen (secondary N) is 2. The Hall–Kier alpha value is -3.56. The van der Waals surface area contributed by atoms with Crippen LogP contribution in [0.3, 0.4) is 0 Å². The predicted octanol–water partition coefficient (Wildman–Crippen LogP) is 4.63. The number of anilines is 1. The monoisotopic (exact) mass is 435 g/mol. The van der Waals surface area contributed by atoms with E-state index in [0.717, 1.165) is 12.1 Å². The van der Waals surface area contributed by atoms with Crippen LogP contribution in [0.2, 0.25) is 0 Å². The Kier molecular flexibility index (Phi) is 5.30. The van der Waals surface area contributed by atoms with E-state index < -0.39 is 30.1 Å². The van der Waals surface area contributed by atoms with Crippen LogP contribution in [0.15, 0.2) is 42.6 Å². The highest BCUT2D eigenvalue weighted by atomic mass is 19.4. The average Bonchev–Trinajstić information content (AvgIpc) is 3.19. The number of aromatic nitrogens is 2. The number of rotatable bonds is 5. The summed E-state index contributed by atoms with van der Waals surface area (Å²) in [6, 6.07) is 7.44. The molecule has 0 unspecified atom stereocenters. The maximum atomic E-state index is 15.0. The minimum Gasteiger partial charge on any atom is -0.493 e. The molecule has 6 nitrogen and oxygen atoms in total. The van der Waals surface area contributed by atoms with Crippen LogP contribution >= 0.6 is 0 Å². The number of H-pyrrole nitrogens is 1. The van der Waals surface area contributed by atoms with Crippen LogP contribution in [-0.4, -0.2) is 23.2 Å². The molecule has 1 amide bonds. The summed E-state index contributed by atoms with van der Waals surface area (Å²) >= 11 is 0. The number of carbonyl (C=O) groups excluding carboxylic acids is 1. The fourth-order valence-corrected chi connectivity index (χ4v) is 3.59. The lowest BCUT2D eigenvalue weighted by molar-refractivity contribution is -0.138. The first-order valence-electron chi connectivity index (χ1n) is 9.26. The molecular weight excluding hydrogens is 418 g/mol. The lowest BCUT2D eigenvalue weighted by atomic mass is 9.87. The number of benzene rings is 2. The molecule has 3 aromatic rings. The Labute approximate surface area is 174 Å². The van der Waals surface area contributed by atoms with Gasteiger partial charge in [-0.05, 0) is 17.7 Å². The highest BCUT2D eigenvalue weighted by molar-refractivity contribution is 5.94. The zero-order chi connectivity index (χ0) is 22.2. The molecule has 162 valence electrons. The fraction of sp³-hybridized carbons (Fsp3) is 0.238. The molecule has 1 aliphatic rings. The highest BCUT2D eigenvalue weighted by Gasteiger charge is 2.34. The fourth-order valence-electron chi connectivity index (χ4n) is 3.59. The van der Waals surface area contributed by atoms with Gasteiger partial charge in [0.25, 0.3) is 0 Å². The van der Waals surface area contributed by atoms with Gasteiger partial charge < -0.3 is 14.8 Å². The number of hydrogen-bond acceptors (Lipinski definition) is 4. The summed E-state index contributed by atoms with van der Waals surface area (Å²) < 4.78 is 65.3. The third-order valence-corrected chi connectivity index (χ3v) is 5.06. The molecule has 1 atom stereocenters. The van der Waals surface area contributed by atoms with Crippen molar-refractivity contribution in [2.45, 2.75) is 25.1 Å². The van der Waals surface area contributed by atoms with Crippen molar-refractivity contribution in [3.05, 3.63) is 70.7 Å². The van der Waals surface area contributed by atoms with E-state index in [9.17, 15) is 22.4 Å². The lowest BCUT2D eigenvalue weighted by Crippen LogP contribution is -2.23. The molecule has 2 heterocycles. The number of methoxy groups -OCH3 is 1. The Morgan fingerprint density at radius 1 is 1.16 bits per heavy atom. The van der Waals surface area contributed by atoms with Gasteiger partial charge in [-0.1, -0.05) is 18.2 Å². The van der Waals surface area contributed by atoms with Gasteiger partial charge in [-0.15, -0.1) is 0 Å². The van der Waals surface area contributed by atoms with E-state index in [1.807, 2.05) is 0 Å². The van der Waals surface area contributed by atoms with Gasteiger partial charge >= 0.3 is 6.18 Å². The van der Waals surface area contributed by atoms with Crippen LogP contribution in [0.1, 0.15) is 34.6 Å². The first-order chi connectivity index (χ1) is 14.8. The molecular formula is C21H17F4N3O3. The number of carbonyl (C=O) groups is 1. The predicted molar refractivity (Wildman–Crippen MR) is 102 cm³/mol. The second-order valence-corrected chi connectivity index (χ2v) is 6.96. The Balaban J connectivity index is 1.64. The van der Waals surface area contributed by atoms with Crippen molar-refractivity contribution in [1.29, 1.82) is 0 Å². The molecule has 2 N–H and O–H groups in total. The summed E-state index contributed by atoms with van der Waals surface area (Å²) in [7, 11) is 1.34. The minimum absolute atomic E-state index is 0.00572. The number of halogens is 4. The Morgan fingerprint density at radius 3 is 2.68 bits per heavy atom. The second-order valence-electron chi connectivity index (χ2n) is 6.96. The second kappa shape index (κ2) is 7.93. The molecule has 0 spiro atoms. The van der Waals surface area contributed by atoms with E-state index >= 15 is 0 Å². The number of nitrogens with zero attached hydrogens (tertiary/aromatic N) is 1. The standard InChI is InChI=1S/C21H17F4N3O3/c1-30-17-6-13(12-7-19(29)27-20-14(12)9-26-28-20)16(22)8-18(17)31-10-11-4-2-3-5-15(11)21(23,24)25/h2-6,8-9,12H,7,10H2,1H3,(H2,26,27,28,29)/t12-/m0/s1. The van der Waals surface area contributed by atoms with Gasteiger partial charge in [-0.3, -0.25) is 9.89 Å². The van der Waals surface area contributed by atoms with Gasteiger partial charge in [-0.25, -0.2) is 4.39 Å². The number of aromatic amines is 1. The number of amides is 1. The molecule has 0 aliphatic carbocycles. The van der Waals surface area contributed by atoms with E-state index in [4.69, 9.17) is 9.47 Å². The number of hydrogen-bond donors (Lipinski definition) is 2. The number of alkyl halides is 3. The summed E-state index contributed by atoms with van der Waals surface area (Å²) in [5.41, 5.74) is -0.106. The third kappa shape index (κ3) is 4.05. The Morgan fingerprint density at radius 2 is 1.94 bits per heavy atom. The molecule has 10 heteroatoms. The normalized spacial score (nSPS) is 15.9. The van der Waals surface area contributed by atoms with Crippen LogP contribution < -0.4 is 14.8 Å². The molecule has 0 radical (unpaired) electrons. The number of fused-ring (bicyclic) bond motifs is 1.